The van der Waals surface area contributed by atoms with Crippen LogP contribution >= 0.6 is 0 Å². The predicted molar refractivity (Wildman–Crippen MR) is 78.1 cm³/mol. The van der Waals surface area contributed by atoms with Crippen LogP contribution in [0.25, 0.3) is 0 Å². The second-order valence-corrected chi connectivity index (χ2v) is 6.40. The van der Waals surface area contributed by atoms with Gasteiger partial charge >= 0.3 is 0 Å². The van der Waals surface area contributed by atoms with Gasteiger partial charge in [0.1, 0.15) is 0 Å². The molecule has 1 heterocycles. The number of hydrogen-bond donors (Lipinski definition) is 1. The molecular formula is C15H32N2O. The van der Waals surface area contributed by atoms with Crippen LogP contribution in [0.5, 0.6) is 0 Å². The van der Waals surface area contributed by atoms with Gasteiger partial charge in [-0.2, -0.15) is 0 Å². The maximum Gasteiger partial charge on any atom is 0.0634 e. The van der Waals surface area contributed by atoms with E-state index in [1.807, 2.05) is 7.11 Å². The first kappa shape index (κ1) is 15.9. The van der Waals surface area contributed by atoms with E-state index in [0.29, 0.717) is 11.6 Å². The normalized spacial score (nSPS) is 25.3. The number of hydrogen-bond acceptors (Lipinski definition) is 3. The predicted octanol–water partition coefficient (Wildman–Crippen LogP) is 2.65. The molecule has 0 amide bonds. The van der Waals surface area contributed by atoms with Crippen molar-refractivity contribution in [1.82, 2.24) is 10.2 Å². The molecule has 0 radical (unpaired) electrons. The minimum absolute atomic E-state index is 0.00825. The smallest absolute Gasteiger partial charge is 0.0634 e. The number of piperazine rings is 1. The van der Waals surface area contributed by atoms with Crippen molar-refractivity contribution in [3.8, 4) is 0 Å². The van der Waals surface area contributed by atoms with E-state index in [0.717, 1.165) is 19.5 Å². The van der Waals surface area contributed by atoms with E-state index in [9.17, 15) is 0 Å². The fourth-order valence-electron chi connectivity index (χ4n) is 2.63. The molecule has 1 unspecified atom stereocenters. The summed E-state index contributed by atoms with van der Waals surface area (Å²) in [4.78, 5) is 2.63. The maximum atomic E-state index is 5.53. The van der Waals surface area contributed by atoms with Gasteiger partial charge in [-0.05, 0) is 40.0 Å². The maximum absolute atomic E-state index is 5.53. The third-order valence-corrected chi connectivity index (χ3v) is 4.81. The van der Waals surface area contributed by atoms with Gasteiger partial charge in [-0.3, -0.25) is 4.90 Å². The van der Waals surface area contributed by atoms with Gasteiger partial charge in [0.05, 0.1) is 5.60 Å². The van der Waals surface area contributed by atoms with Crippen molar-refractivity contribution >= 4 is 0 Å². The molecule has 0 aromatic carbocycles. The number of rotatable bonds is 6. The van der Waals surface area contributed by atoms with Crippen LogP contribution in [0.4, 0.5) is 0 Å². The molecule has 1 N–H and O–H groups in total. The first-order valence-corrected chi connectivity index (χ1v) is 7.42. The lowest BCUT2D eigenvalue weighted by Gasteiger charge is -2.47. The zero-order valence-corrected chi connectivity index (χ0v) is 13.2. The lowest BCUT2D eigenvalue weighted by molar-refractivity contribution is -0.00502. The topological polar surface area (TPSA) is 24.5 Å². The highest BCUT2D eigenvalue weighted by Crippen LogP contribution is 2.24. The van der Waals surface area contributed by atoms with Crippen LogP contribution in [-0.2, 0) is 4.74 Å². The van der Waals surface area contributed by atoms with E-state index in [2.05, 4.69) is 44.8 Å². The summed E-state index contributed by atoms with van der Waals surface area (Å²) in [5.41, 5.74) is 0.315. The summed E-state index contributed by atoms with van der Waals surface area (Å²) in [6.07, 6.45) is 3.51. The van der Waals surface area contributed by atoms with E-state index in [4.69, 9.17) is 4.74 Å². The fourth-order valence-corrected chi connectivity index (χ4v) is 2.63. The third kappa shape index (κ3) is 3.94. The zero-order chi connectivity index (χ0) is 13.8. The SMILES string of the molecule is CCC1(CC)CN(CCC(C)(C)OC)C(C)CN1. The molecule has 3 heteroatoms. The van der Waals surface area contributed by atoms with Crippen molar-refractivity contribution in [3.63, 3.8) is 0 Å². The van der Waals surface area contributed by atoms with E-state index >= 15 is 0 Å². The van der Waals surface area contributed by atoms with E-state index in [1.165, 1.54) is 19.4 Å². The van der Waals surface area contributed by atoms with E-state index in [-0.39, 0.29) is 5.60 Å². The van der Waals surface area contributed by atoms with Crippen molar-refractivity contribution in [3.05, 3.63) is 0 Å². The van der Waals surface area contributed by atoms with Gasteiger partial charge in [0, 0.05) is 38.3 Å². The number of nitrogens with zero attached hydrogens (tertiary/aromatic N) is 1. The Morgan fingerprint density at radius 3 is 2.44 bits per heavy atom. The first-order chi connectivity index (χ1) is 8.38. The zero-order valence-electron chi connectivity index (χ0n) is 13.2. The largest absolute Gasteiger partial charge is 0.379 e. The van der Waals surface area contributed by atoms with Crippen molar-refractivity contribution in [2.24, 2.45) is 0 Å². The van der Waals surface area contributed by atoms with Gasteiger partial charge in [0.15, 0.2) is 0 Å². The minimum atomic E-state index is -0.00825. The summed E-state index contributed by atoms with van der Waals surface area (Å²) in [7, 11) is 1.81. The standard InChI is InChI=1S/C15H32N2O/c1-7-15(8-2)12-17(13(3)11-16-15)10-9-14(4,5)18-6/h13,16H,7-12H2,1-6H3. The van der Waals surface area contributed by atoms with Gasteiger partial charge in [-0.1, -0.05) is 13.8 Å². The Hall–Kier alpha value is -0.120. The quantitative estimate of drug-likeness (QED) is 0.791. The second-order valence-electron chi connectivity index (χ2n) is 6.40. The highest BCUT2D eigenvalue weighted by molar-refractivity contribution is 4.95. The van der Waals surface area contributed by atoms with Gasteiger partial charge < -0.3 is 10.1 Å². The highest BCUT2D eigenvalue weighted by atomic mass is 16.5. The van der Waals surface area contributed by atoms with Crippen LogP contribution in [0, 0.1) is 0 Å². The van der Waals surface area contributed by atoms with Crippen LogP contribution < -0.4 is 5.32 Å². The Kier molecular flexibility index (Phi) is 5.63. The Morgan fingerprint density at radius 2 is 1.94 bits per heavy atom. The second kappa shape index (κ2) is 6.36. The average Bonchev–Trinajstić information content (AvgIpc) is 2.38. The minimum Gasteiger partial charge on any atom is -0.379 e. The Bertz CT molecular complexity index is 249. The van der Waals surface area contributed by atoms with Gasteiger partial charge in [-0.25, -0.2) is 0 Å². The lowest BCUT2D eigenvalue weighted by Crippen LogP contribution is -2.63. The van der Waals surface area contributed by atoms with Crippen molar-refractivity contribution in [1.29, 1.82) is 0 Å². The molecule has 1 aliphatic rings. The molecule has 1 rings (SSSR count). The van der Waals surface area contributed by atoms with Crippen LogP contribution in [0.15, 0.2) is 0 Å². The fraction of sp³-hybridized carbons (Fsp3) is 1.00. The number of methoxy groups -OCH3 is 1. The average molecular weight is 256 g/mol. The summed E-state index contributed by atoms with van der Waals surface area (Å²) in [5, 5.41) is 3.75. The molecule has 108 valence electrons. The van der Waals surface area contributed by atoms with Gasteiger partial charge in [0.25, 0.3) is 0 Å². The number of ether oxygens (including phenoxy) is 1. The molecule has 0 bridgehead atoms. The third-order valence-electron chi connectivity index (χ3n) is 4.81. The van der Waals surface area contributed by atoms with Crippen molar-refractivity contribution in [2.75, 3.05) is 26.7 Å². The Balaban J connectivity index is 2.57. The van der Waals surface area contributed by atoms with Gasteiger partial charge in [-0.15, -0.1) is 0 Å². The molecule has 0 aromatic rings. The summed E-state index contributed by atoms with van der Waals surface area (Å²) in [5.74, 6) is 0. The van der Waals surface area contributed by atoms with Crippen molar-refractivity contribution < 1.29 is 4.74 Å². The van der Waals surface area contributed by atoms with E-state index < -0.39 is 0 Å². The molecule has 1 fully saturated rings. The molecule has 1 saturated heterocycles. The summed E-state index contributed by atoms with van der Waals surface area (Å²) in [6, 6.07) is 0.629. The van der Waals surface area contributed by atoms with Crippen molar-refractivity contribution in [2.45, 2.75) is 71.1 Å². The molecular weight excluding hydrogens is 224 g/mol. The summed E-state index contributed by atoms with van der Waals surface area (Å²) in [6.45, 7) is 14.7. The van der Waals surface area contributed by atoms with Crippen LogP contribution in [0.2, 0.25) is 0 Å². The molecule has 1 atom stereocenters. The van der Waals surface area contributed by atoms with Crippen LogP contribution in [-0.4, -0.2) is 48.8 Å². The molecule has 1 aliphatic heterocycles. The number of nitrogens with one attached hydrogen (secondary N) is 1. The molecule has 0 spiro atoms. The van der Waals surface area contributed by atoms with E-state index in [1.54, 1.807) is 0 Å². The van der Waals surface area contributed by atoms with Crippen LogP contribution in [0.1, 0.15) is 53.9 Å². The molecule has 18 heavy (non-hydrogen) atoms. The molecule has 0 aromatic heterocycles. The lowest BCUT2D eigenvalue weighted by atomic mass is 9.88. The van der Waals surface area contributed by atoms with Crippen LogP contribution in [0.3, 0.4) is 0 Å². The first-order valence-electron chi connectivity index (χ1n) is 7.42. The molecule has 3 nitrogen and oxygen atoms in total. The van der Waals surface area contributed by atoms with Gasteiger partial charge in [0.2, 0.25) is 0 Å². The molecule has 0 aliphatic carbocycles. The molecule has 0 saturated carbocycles. The summed E-state index contributed by atoms with van der Waals surface area (Å²) >= 11 is 0. The Morgan fingerprint density at radius 1 is 1.33 bits per heavy atom. The summed E-state index contributed by atoms with van der Waals surface area (Å²) < 4.78 is 5.53. The monoisotopic (exact) mass is 256 g/mol. The Labute approximate surface area is 113 Å². The highest BCUT2D eigenvalue weighted by Gasteiger charge is 2.35.